The minimum absolute atomic E-state index is 0.141. The van der Waals surface area contributed by atoms with Crippen molar-refractivity contribution in [2.45, 2.75) is 32.1 Å². The summed E-state index contributed by atoms with van der Waals surface area (Å²) in [5.41, 5.74) is 11.7. The minimum atomic E-state index is -0.609. The number of rotatable bonds is 15. The molecule has 3 aromatic carbocycles. The van der Waals surface area contributed by atoms with Crippen LogP contribution in [0.5, 0.6) is 23.0 Å². The molecule has 8 N–H and O–H groups in total. The summed E-state index contributed by atoms with van der Waals surface area (Å²) in [7, 11) is 0. The molecule has 0 saturated carbocycles. The number of phenolic OH excluding ortho intramolecular Hbond substituents is 1. The molecule has 0 radical (unpaired) electrons. The number of carbonyl (C=O) groups is 3. The van der Waals surface area contributed by atoms with Crippen LogP contribution < -0.4 is 36.9 Å². The predicted octanol–water partition coefficient (Wildman–Crippen LogP) is 4.33. The predicted molar refractivity (Wildman–Crippen MR) is 153 cm³/mol. The summed E-state index contributed by atoms with van der Waals surface area (Å²) in [5, 5.41) is 17.6. The number of unbranched alkanes of at least 4 members (excludes halogenated alkanes) is 2. The summed E-state index contributed by atoms with van der Waals surface area (Å²) in [6.45, 7) is 1.22. The Balaban J connectivity index is 1.68. The van der Waals surface area contributed by atoms with Gasteiger partial charge >= 0.3 is 6.03 Å². The fraction of sp³-hybridized carbons (Fsp3) is 0.276. The lowest BCUT2D eigenvalue weighted by Gasteiger charge is -2.14. The van der Waals surface area contributed by atoms with E-state index in [0.717, 1.165) is 12.8 Å². The van der Waals surface area contributed by atoms with E-state index >= 15 is 0 Å². The molecule has 11 heteroatoms. The van der Waals surface area contributed by atoms with Crippen molar-refractivity contribution in [3.8, 4) is 23.0 Å². The number of hydrogen-bond donors (Lipinski definition) is 6. The number of anilines is 2. The van der Waals surface area contributed by atoms with Crippen molar-refractivity contribution in [2.75, 3.05) is 30.3 Å². The van der Waals surface area contributed by atoms with Crippen LogP contribution in [0.25, 0.3) is 0 Å². The van der Waals surface area contributed by atoms with Crippen LogP contribution >= 0.6 is 0 Å². The van der Waals surface area contributed by atoms with Gasteiger partial charge in [0.1, 0.15) is 23.0 Å². The van der Waals surface area contributed by atoms with Crippen LogP contribution in [-0.4, -0.2) is 42.6 Å². The third kappa shape index (κ3) is 10.2. The van der Waals surface area contributed by atoms with Gasteiger partial charge in [0.25, 0.3) is 5.91 Å². The van der Waals surface area contributed by atoms with E-state index in [-0.39, 0.29) is 23.8 Å². The lowest BCUT2D eigenvalue weighted by atomic mass is 10.1. The number of aromatic hydroxyl groups is 1. The Morgan fingerprint density at radius 3 is 2.15 bits per heavy atom. The van der Waals surface area contributed by atoms with Crippen molar-refractivity contribution < 1.29 is 29.0 Å². The quantitative estimate of drug-likeness (QED) is 0.153. The normalized spacial score (nSPS) is 10.4. The van der Waals surface area contributed by atoms with E-state index in [4.69, 9.17) is 20.9 Å². The molecule has 0 aliphatic heterocycles. The standard InChI is InChI=1S/C29H35N5O6/c30-16-3-1-2-5-27(36)34-26-15-14-24(39-18-4-17-32-29(31)38)19-25(26)28(37)33-20-6-10-22(11-7-20)40-23-12-8-21(35)9-13-23/h6-15,19,35H,1-5,16-18,30H2,(H,33,37)(H,34,36)(H3,31,32,38). The highest BCUT2D eigenvalue weighted by molar-refractivity contribution is 6.10. The van der Waals surface area contributed by atoms with Gasteiger partial charge in [-0.2, -0.15) is 0 Å². The lowest BCUT2D eigenvalue weighted by molar-refractivity contribution is -0.116. The van der Waals surface area contributed by atoms with Crippen LogP contribution in [0.4, 0.5) is 16.2 Å². The Labute approximate surface area is 232 Å². The van der Waals surface area contributed by atoms with E-state index in [0.29, 0.717) is 61.0 Å². The number of phenols is 1. The average Bonchev–Trinajstić information content (AvgIpc) is 2.93. The molecule has 0 fully saturated rings. The summed E-state index contributed by atoms with van der Waals surface area (Å²) in [5.74, 6) is 1.04. The Morgan fingerprint density at radius 1 is 0.800 bits per heavy atom. The zero-order valence-electron chi connectivity index (χ0n) is 22.2. The third-order valence-corrected chi connectivity index (χ3v) is 5.69. The van der Waals surface area contributed by atoms with Crippen LogP contribution in [0.1, 0.15) is 42.5 Å². The van der Waals surface area contributed by atoms with Gasteiger partial charge < -0.3 is 42.0 Å². The molecule has 0 spiro atoms. The van der Waals surface area contributed by atoms with E-state index in [9.17, 15) is 19.5 Å². The van der Waals surface area contributed by atoms with Crippen LogP contribution in [0.3, 0.4) is 0 Å². The molecular weight excluding hydrogens is 514 g/mol. The second-order valence-corrected chi connectivity index (χ2v) is 8.92. The molecule has 4 amide bonds. The van der Waals surface area contributed by atoms with Crippen molar-refractivity contribution in [1.82, 2.24) is 5.32 Å². The van der Waals surface area contributed by atoms with Gasteiger partial charge in [-0.3, -0.25) is 9.59 Å². The molecule has 0 aliphatic carbocycles. The SMILES string of the molecule is NCCCCCC(=O)Nc1ccc(OCCCNC(N)=O)cc1C(=O)Nc1ccc(Oc2ccc(O)cc2)cc1. The number of nitrogens with one attached hydrogen (secondary N) is 3. The zero-order valence-corrected chi connectivity index (χ0v) is 22.2. The van der Waals surface area contributed by atoms with Gasteiger partial charge in [0, 0.05) is 18.7 Å². The highest BCUT2D eigenvalue weighted by atomic mass is 16.5. The maximum absolute atomic E-state index is 13.3. The Kier molecular flexibility index (Phi) is 11.6. The molecule has 3 rings (SSSR count). The fourth-order valence-electron chi connectivity index (χ4n) is 3.66. The summed E-state index contributed by atoms with van der Waals surface area (Å²) < 4.78 is 11.5. The molecule has 40 heavy (non-hydrogen) atoms. The van der Waals surface area contributed by atoms with Crippen molar-refractivity contribution in [3.05, 3.63) is 72.3 Å². The first-order valence-electron chi connectivity index (χ1n) is 13.0. The van der Waals surface area contributed by atoms with Gasteiger partial charge in [0.05, 0.1) is 17.9 Å². The van der Waals surface area contributed by atoms with E-state index in [1.165, 1.54) is 12.1 Å². The first-order chi connectivity index (χ1) is 19.3. The monoisotopic (exact) mass is 549 g/mol. The number of urea groups is 1. The van der Waals surface area contributed by atoms with Crippen LogP contribution in [0, 0.1) is 0 Å². The van der Waals surface area contributed by atoms with Crippen molar-refractivity contribution in [3.63, 3.8) is 0 Å². The molecule has 0 aromatic heterocycles. The first kappa shape index (κ1) is 29.8. The topological polar surface area (TPSA) is 178 Å². The number of ether oxygens (including phenoxy) is 2. The smallest absolute Gasteiger partial charge is 0.312 e. The van der Waals surface area contributed by atoms with E-state index in [1.807, 2.05) is 0 Å². The van der Waals surface area contributed by atoms with Gasteiger partial charge in [0.2, 0.25) is 5.91 Å². The number of benzene rings is 3. The second-order valence-electron chi connectivity index (χ2n) is 8.92. The van der Waals surface area contributed by atoms with Crippen molar-refractivity contribution in [1.29, 1.82) is 0 Å². The molecular formula is C29H35N5O6. The van der Waals surface area contributed by atoms with Gasteiger partial charge in [-0.25, -0.2) is 4.79 Å². The molecule has 0 atom stereocenters. The molecule has 0 aliphatic rings. The van der Waals surface area contributed by atoms with Gasteiger partial charge in [-0.05, 0) is 92.5 Å². The third-order valence-electron chi connectivity index (χ3n) is 5.69. The number of hydrogen-bond acceptors (Lipinski definition) is 7. The molecule has 0 bridgehead atoms. The lowest BCUT2D eigenvalue weighted by Crippen LogP contribution is -2.30. The minimum Gasteiger partial charge on any atom is -0.508 e. The molecule has 11 nitrogen and oxygen atoms in total. The number of amides is 4. The summed E-state index contributed by atoms with van der Waals surface area (Å²) in [6.07, 6.45) is 3.23. The highest BCUT2D eigenvalue weighted by Crippen LogP contribution is 2.27. The molecule has 212 valence electrons. The van der Waals surface area contributed by atoms with Crippen LogP contribution in [-0.2, 0) is 4.79 Å². The molecule has 0 heterocycles. The summed E-state index contributed by atoms with van der Waals surface area (Å²) in [6, 6.07) is 17.3. The van der Waals surface area contributed by atoms with E-state index in [2.05, 4.69) is 16.0 Å². The maximum atomic E-state index is 13.3. The molecule has 3 aromatic rings. The van der Waals surface area contributed by atoms with E-state index < -0.39 is 11.9 Å². The number of primary amides is 1. The summed E-state index contributed by atoms with van der Waals surface area (Å²) >= 11 is 0. The number of nitrogens with two attached hydrogens (primary N) is 2. The average molecular weight is 550 g/mol. The van der Waals surface area contributed by atoms with Gasteiger partial charge in [-0.15, -0.1) is 0 Å². The number of carbonyl (C=O) groups excluding carboxylic acids is 3. The maximum Gasteiger partial charge on any atom is 0.312 e. The van der Waals surface area contributed by atoms with Crippen LogP contribution in [0.2, 0.25) is 0 Å². The fourth-order valence-corrected chi connectivity index (χ4v) is 3.66. The Morgan fingerprint density at radius 2 is 1.48 bits per heavy atom. The zero-order chi connectivity index (χ0) is 28.7. The van der Waals surface area contributed by atoms with Gasteiger partial charge in [-0.1, -0.05) is 6.42 Å². The largest absolute Gasteiger partial charge is 0.508 e. The Bertz CT molecular complexity index is 1260. The first-order valence-corrected chi connectivity index (χ1v) is 13.0. The second kappa shape index (κ2) is 15.6. The van der Waals surface area contributed by atoms with Gasteiger partial charge in [0.15, 0.2) is 0 Å². The van der Waals surface area contributed by atoms with Crippen molar-refractivity contribution >= 4 is 29.2 Å². The van der Waals surface area contributed by atoms with Crippen LogP contribution in [0.15, 0.2) is 66.7 Å². The Hall–Kier alpha value is -4.77. The molecule has 0 unspecified atom stereocenters. The van der Waals surface area contributed by atoms with E-state index in [1.54, 1.807) is 54.6 Å². The highest BCUT2D eigenvalue weighted by Gasteiger charge is 2.16. The summed E-state index contributed by atoms with van der Waals surface area (Å²) in [4.78, 5) is 36.6. The molecule has 0 saturated heterocycles. The van der Waals surface area contributed by atoms with Crippen molar-refractivity contribution in [2.24, 2.45) is 11.5 Å².